The Kier molecular flexibility index (Phi) is 4.91. The van der Waals surface area contributed by atoms with Crippen molar-refractivity contribution in [3.63, 3.8) is 0 Å². The molecule has 0 saturated carbocycles. The smallest absolute Gasteiger partial charge is 0.170 e. The lowest BCUT2D eigenvalue weighted by Crippen LogP contribution is -2.56. The van der Waals surface area contributed by atoms with Gasteiger partial charge in [-0.1, -0.05) is 49.7 Å². The van der Waals surface area contributed by atoms with Gasteiger partial charge in [-0.15, -0.1) is 0 Å². The standard InChI is InChI=1S/C21H27N3S/c1-2-15-14-24-11-10-17(15)12-18(24)13-22-21(25)23-20-9-5-7-16-6-3-4-8-19(16)20/h3-9,15,17-18H,2,10-14H2,1H3,(H2,22,23,25). The zero-order valence-electron chi connectivity index (χ0n) is 14.9. The molecule has 0 aliphatic carbocycles. The summed E-state index contributed by atoms with van der Waals surface area (Å²) in [5, 5.41) is 10.0. The summed E-state index contributed by atoms with van der Waals surface area (Å²) in [6, 6.07) is 15.3. The van der Waals surface area contributed by atoms with Crippen molar-refractivity contribution in [2.45, 2.75) is 32.2 Å². The predicted molar refractivity (Wildman–Crippen MR) is 110 cm³/mol. The lowest BCUT2D eigenvalue weighted by Gasteiger charge is -2.50. The van der Waals surface area contributed by atoms with Gasteiger partial charge in [-0.25, -0.2) is 0 Å². The largest absolute Gasteiger partial charge is 0.361 e. The fourth-order valence-electron chi connectivity index (χ4n) is 4.64. The fourth-order valence-corrected chi connectivity index (χ4v) is 4.83. The third-order valence-electron chi connectivity index (χ3n) is 6.07. The molecule has 3 aliphatic rings. The number of benzene rings is 2. The first-order valence-electron chi connectivity index (χ1n) is 9.51. The molecular formula is C21H27N3S. The summed E-state index contributed by atoms with van der Waals surface area (Å²) in [4.78, 5) is 2.67. The monoisotopic (exact) mass is 353 g/mol. The molecule has 132 valence electrons. The zero-order chi connectivity index (χ0) is 17.2. The average Bonchev–Trinajstić information content (AvgIpc) is 2.67. The van der Waals surface area contributed by atoms with Crippen molar-refractivity contribution in [3.8, 4) is 0 Å². The van der Waals surface area contributed by atoms with Crippen LogP contribution in [-0.4, -0.2) is 35.7 Å². The summed E-state index contributed by atoms with van der Waals surface area (Å²) in [7, 11) is 0. The van der Waals surface area contributed by atoms with Crippen LogP contribution in [0.1, 0.15) is 26.2 Å². The van der Waals surface area contributed by atoms with E-state index in [0.29, 0.717) is 6.04 Å². The van der Waals surface area contributed by atoms with Crippen molar-refractivity contribution in [3.05, 3.63) is 42.5 Å². The van der Waals surface area contributed by atoms with Crippen molar-refractivity contribution in [2.24, 2.45) is 11.8 Å². The summed E-state index contributed by atoms with van der Waals surface area (Å²) < 4.78 is 0. The number of anilines is 1. The summed E-state index contributed by atoms with van der Waals surface area (Å²) in [5.74, 6) is 1.83. The minimum atomic E-state index is 0.633. The quantitative estimate of drug-likeness (QED) is 0.804. The Hall–Kier alpha value is -1.65. The highest BCUT2D eigenvalue weighted by Gasteiger charge is 2.38. The van der Waals surface area contributed by atoms with Gasteiger partial charge in [-0.3, -0.25) is 4.90 Å². The molecule has 2 N–H and O–H groups in total. The minimum absolute atomic E-state index is 0.633. The van der Waals surface area contributed by atoms with Crippen LogP contribution in [0.25, 0.3) is 10.8 Å². The second kappa shape index (κ2) is 7.30. The van der Waals surface area contributed by atoms with Crippen molar-refractivity contribution >= 4 is 33.8 Å². The Balaban J connectivity index is 1.35. The fraction of sp³-hybridized carbons (Fsp3) is 0.476. The molecule has 0 aromatic heterocycles. The van der Waals surface area contributed by atoms with E-state index in [1.165, 1.54) is 43.1 Å². The lowest BCUT2D eigenvalue weighted by atomic mass is 9.74. The number of hydrogen-bond acceptors (Lipinski definition) is 2. The number of nitrogens with one attached hydrogen (secondary N) is 2. The van der Waals surface area contributed by atoms with E-state index in [1.54, 1.807) is 0 Å². The van der Waals surface area contributed by atoms with E-state index in [0.717, 1.165) is 29.2 Å². The highest BCUT2D eigenvalue weighted by molar-refractivity contribution is 7.80. The van der Waals surface area contributed by atoms with Crippen LogP contribution in [0.2, 0.25) is 0 Å². The summed E-state index contributed by atoms with van der Waals surface area (Å²) in [6.07, 6.45) is 4.03. The molecule has 3 fully saturated rings. The van der Waals surface area contributed by atoms with Gasteiger partial charge in [0.1, 0.15) is 0 Å². The summed E-state index contributed by atoms with van der Waals surface area (Å²) >= 11 is 5.56. The van der Waals surface area contributed by atoms with Crippen LogP contribution in [0, 0.1) is 11.8 Å². The Morgan fingerprint density at radius 1 is 1.20 bits per heavy atom. The van der Waals surface area contributed by atoms with E-state index in [1.807, 2.05) is 0 Å². The molecule has 25 heavy (non-hydrogen) atoms. The normalized spacial score (nSPS) is 28.0. The van der Waals surface area contributed by atoms with E-state index in [9.17, 15) is 0 Å². The van der Waals surface area contributed by atoms with Crippen LogP contribution in [-0.2, 0) is 0 Å². The topological polar surface area (TPSA) is 27.3 Å². The SMILES string of the molecule is CCC1CN2CCC1CC2CNC(=S)Nc1cccc2ccccc12. The molecule has 4 atom stereocenters. The zero-order valence-corrected chi connectivity index (χ0v) is 15.7. The Labute approximate surface area is 155 Å². The van der Waals surface area contributed by atoms with Crippen LogP contribution in [0.3, 0.4) is 0 Å². The maximum absolute atomic E-state index is 5.56. The molecule has 0 amide bonds. The van der Waals surface area contributed by atoms with Gasteiger partial charge in [0, 0.05) is 30.2 Å². The molecule has 5 rings (SSSR count). The molecule has 3 nitrogen and oxygen atoms in total. The molecule has 3 aliphatic heterocycles. The number of fused-ring (bicyclic) bond motifs is 4. The van der Waals surface area contributed by atoms with Gasteiger partial charge in [-0.05, 0) is 54.9 Å². The molecule has 0 radical (unpaired) electrons. The van der Waals surface area contributed by atoms with Gasteiger partial charge < -0.3 is 10.6 Å². The number of piperidine rings is 3. The van der Waals surface area contributed by atoms with Gasteiger partial charge in [0.25, 0.3) is 0 Å². The Morgan fingerprint density at radius 3 is 2.84 bits per heavy atom. The van der Waals surface area contributed by atoms with Crippen LogP contribution in [0.5, 0.6) is 0 Å². The van der Waals surface area contributed by atoms with E-state index in [2.05, 4.69) is 64.9 Å². The molecule has 4 heteroatoms. The maximum atomic E-state index is 5.56. The molecule has 2 aromatic carbocycles. The van der Waals surface area contributed by atoms with Gasteiger partial charge in [-0.2, -0.15) is 0 Å². The van der Waals surface area contributed by atoms with Crippen LogP contribution in [0.4, 0.5) is 5.69 Å². The molecular weight excluding hydrogens is 326 g/mol. The third kappa shape index (κ3) is 3.51. The first-order chi connectivity index (χ1) is 12.2. The van der Waals surface area contributed by atoms with Crippen LogP contribution in [0.15, 0.2) is 42.5 Å². The molecule has 0 spiro atoms. The minimum Gasteiger partial charge on any atom is -0.361 e. The molecule has 3 heterocycles. The van der Waals surface area contributed by atoms with E-state index in [-0.39, 0.29) is 0 Å². The van der Waals surface area contributed by atoms with Crippen molar-refractivity contribution < 1.29 is 0 Å². The van der Waals surface area contributed by atoms with Crippen LogP contribution >= 0.6 is 12.2 Å². The first kappa shape index (κ1) is 16.8. The Bertz CT molecular complexity index is 754. The molecule has 2 aromatic rings. The Morgan fingerprint density at radius 2 is 2.04 bits per heavy atom. The van der Waals surface area contributed by atoms with Crippen LogP contribution < -0.4 is 10.6 Å². The number of rotatable bonds is 4. The van der Waals surface area contributed by atoms with Gasteiger partial charge in [0.15, 0.2) is 5.11 Å². The third-order valence-corrected chi connectivity index (χ3v) is 6.32. The average molecular weight is 354 g/mol. The summed E-state index contributed by atoms with van der Waals surface area (Å²) in [6.45, 7) is 5.82. The number of hydrogen-bond donors (Lipinski definition) is 2. The van der Waals surface area contributed by atoms with Gasteiger partial charge >= 0.3 is 0 Å². The summed E-state index contributed by atoms with van der Waals surface area (Å²) in [5.41, 5.74) is 1.08. The molecule has 2 bridgehead atoms. The van der Waals surface area contributed by atoms with Crippen molar-refractivity contribution in [1.29, 1.82) is 0 Å². The van der Waals surface area contributed by atoms with E-state index in [4.69, 9.17) is 12.2 Å². The predicted octanol–water partition coefficient (Wildman–Crippen LogP) is 4.25. The van der Waals surface area contributed by atoms with Gasteiger partial charge in [0.2, 0.25) is 0 Å². The highest BCUT2D eigenvalue weighted by Crippen LogP contribution is 2.37. The lowest BCUT2D eigenvalue weighted by molar-refractivity contribution is 0.00212. The number of nitrogens with zero attached hydrogens (tertiary/aromatic N) is 1. The van der Waals surface area contributed by atoms with E-state index >= 15 is 0 Å². The molecule has 3 saturated heterocycles. The van der Waals surface area contributed by atoms with Gasteiger partial charge in [0.05, 0.1) is 0 Å². The number of thiocarbonyl (C=S) groups is 1. The first-order valence-corrected chi connectivity index (χ1v) is 9.92. The van der Waals surface area contributed by atoms with Crippen molar-refractivity contribution in [1.82, 2.24) is 10.2 Å². The second-order valence-corrected chi connectivity index (χ2v) is 7.87. The van der Waals surface area contributed by atoms with E-state index < -0.39 is 0 Å². The maximum Gasteiger partial charge on any atom is 0.170 e. The highest BCUT2D eigenvalue weighted by atomic mass is 32.1. The molecule has 4 unspecified atom stereocenters. The van der Waals surface area contributed by atoms with Crippen molar-refractivity contribution in [2.75, 3.05) is 25.0 Å². The second-order valence-electron chi connectivity index (χ2n) is 7.46.